The molecule has 1 N–H and O–H groups in total. The molecule has 3 aromatic carbocycles. The van der Waals surface area contributed by atoms with Crippen LogP contribution >= 0.6 is 11.8 Å². The average molecular weight is 371 g/mol. The van der Waals surface area contributed by atoms with E-state index in [1.807, 2.05) is 66.7 Å². The number of nitrogens with one attached hydrogen (secondary N) is 1. The Morgan fingerprint density at radius 1 is 0.926 bits per heavy atom. The molecule has 0 atom stereocenters. The summed E-state index contributed by atoms with van der Waals surface area (Å²) >= 11 is 1.40. The monoisotopic (exact) mass is 371 g/mol. The van der Waals surface area contributed by atoms with Gasteiger partial charge >= 0.3 is 0 Å². The number of para-hydroxylation sites is 1. The van der Waals surface area contributed by atoms with Crippen molar-refractivity contribution in [2.75, 3.05) is 5.75 Å². The van der Waals surface area contributed by atoms with Crippen LogP contribution in [-0.2, 0) is 4.79 Å². The van der Waals surface area contributed by atoms with Crippen molar-refractivity contribution < 1.29 is 4.79 Å². The Balaban J connectivity index is 1.37. The molecule has 0 radical (unpaired) electrons. The molecule has 27 heavy (non-hydrogen) atoms. The van der Waals surface area contributed by atoms with Crippen molar-refractivity contribution in [2.24, 2.45) is 5.10 Å². The van der Waals surface area contributed by atoms with E-state index in [0.717, 1.165) is 32.3 Å². The zero-order chi connectivity index (χ0) is 18.5. The fraction of sp³-hybridized carbons (Fsp3) is 0.0455. The van der Waals surface area contributed by atoms with Gasteiger partial charge in [0.2, 0.25) is 5.91 Å². The largest absolute Gasteiger partial charge is 0.272 e. The number of fused-ring (bicyclic) bond motifs is 2. The first-order valence-corrected chi connectivity index (χ1v) is 9.56. The quantitative estimate of drug-likeness (QED) is 0.316. The highest BCUT2D eigenvalue weighted by Gasteiger charge is 2.04. The van der Waals surface area contributed by atoms with Gasteiger partial charge in [-0.2, -0.15) is 5.10 Å². The number of rotatable bonds is 5. The van der Waals surface area contributed by atoms with Crippen LogP contribution in [0.2, 0.25) is 0 Å². The second kappa shape index (κ2) is 8.01. The number of hydrogen-bond acceptors (Lipinski definition) is 4. The maximum absolute atomic E-state index is 12.1. The number of thioether (sulfide) groups is 1. The lowest BCUT2D eigenvalue weighted by molar-refractivity contribution is -0.118. The van der Waals surface area contributed by atoms with E-state index in [9.17, 15) is 4.79 Å². The van der Waals surface area contributed by atoms with Crippen LogP contribution < -0.4 is 5.43 Å². The van der Waals surface area contributed by atoms with Crippen molar-refractivity contribution in [3.63, 3.8) is 0 Å². The van der Waals surface area contributed by atoms with Gasteiger partial charge in [-0.1, -0.05) is 78.5 Å². The normalized spacial score (nSPS) is 11.3. The molecule has 1 amide bonds. The molecule has 0 aliphatic rings. The predicted octanol–water partition coefficient (Wildman–Crippen LogP) is 4.63. The van der Waals surface area contributed by atoms with Crippen LogP contribution in [0.4, 0.5) is 0 Å². The zero-order valence-electron chi connectivity index (χ0n) is 14.5. The molecule has 1 aromatic heterocycles. The Hall–Kier alpha value is -3.18. The molecule has 1 heterocycles. The van der Waals surface area contributed by atoms with E-state index in [1.54, 1.807) is 6.21 Å². The number of pyridine rings is 1. The summed E-state index contributed by atoms with van der Waals surface area (Å²) < 4.78 is 0. The topological polar surface area (TPSA) is 54.4 Å². The Morgan fingerprint density at radius 3 is 2.63 bits per heavy atom. The lowest BCUT2D eigenvalue weighted by Gasteiger charge is -2.03. The van der Waals surface area contributed by atoms with E-state index in [1.165, 1.54) is 11.8 Å². The first-order chi connectivity index (χ1) is 13.3. The molecular weight excluding hydrogens is 354 g/mol. The minimum atomic E-state index is -0.161. The average Bonchev–Trinajstić information content (AvgIpc) is 2.72. The van der Waals surface area contributed by atoms with Gasteiger partial charge < -0.3 is 0 Å². The summed E-state index contributed by atoms with van der Waals surface area (Å²) in [6.07, 6.45) is 1.68. The van der Waals surface area contributed by atoms with Crippen LogP contribution in [0, 0.1) is 0 Å². The van der Waals surface area contributed by atoms with Gasteiger partial charge in [0, 0.05) is 10.9 Å². The van der Waals surface area contributed by atoms with Crippen molar-refractivity contribution in [1.29, 1.82) is 0 Å². The van der Waals surface area contributed by atoms with Gasteiger partial charge in [0.05, 0.1) is 22.5 Å². The van der Waals surface area contributed by atoms with E-state index in [-0.39, 0.29) is 11.7 Å². The minimum Gasteiger partial charge on any atom is -0.272 e. The Kier molecular flexibility index (Phi) is 5.12. The summed E-state index contributed by atoms with van der Waals surface area (Å²) in [5.74, 6) is 0.101. The van der Waals surface area contributed by atoms with Gasteiger partial charge in [-0.25, -0.2) is 10.4 Å². The minimum absolute atomic E-state index is 0.161. The van der Waals surface area contributed by atoms with Crippen LogP contribution in [0.5, 0.6) is 0 Å². The van der Waals surface area contributed by atoms with Crippen LogP contribution in [0.25, 0.3) is 21.7 Å². The van der Waals surface area contributed by atoms with E-state index in [0.29, 0.717) is 0 Å². The molecule has 0 fully saturated rings. The third kappa shape index (κ3) is 4.15. The fourth-order valence-corrected chi connectivity index (χ4v) is 3.51. The van der Waals surface area contributed by atoms with E-state index in [4.69, 9.17) is 0 Å². The summed E-state index contributed by atoms with van der Waals surface area (Å²) in [5, 5.41) is 8.25. The van der Waals surface area contributed by atoms with Crippen molar-refractivity contribution in [3.05, 3.63) is 84.4 Å². The van der Waals surface area contributed by atoms with E-state index in [2.05, 4.69) is 27.6 Å². The van der Waals surface area contributed by atoms with Crippen molar-refractivity contribution >= 4 is 45.6 Å². The SMILES string of the molecule is O=C(CSc1ccc2ccccc2n1)N/N=C/c1cccc2ccccc12. The van der Waals surface area contributed by atoms with Gasteiger partial charge in [0.1, 0.15) is 0 Å². The molecule has 5 heteroatoms. The molecule has 4 nitrogen and oxygen atoms in total. The lowest BCUT2D eigenvalue weighted by atomic mass is 10.1. The smallest absolute Gasteiger partial charge is 0.250 e. The Labute approximate surface area is 161 Å². The summed E-state index contributed by atoms with van der Waals surface area (Å²) in [5.41, 5.74) is 4.48. The third-order valence-corrected chi connectivity index (χ3v) is 5.07. The maximum Gasteiger partial charge on any atom is 0.250 e. The number of amides is 1. The highest BCUT2D eigenvalue weighted by atomic mass is 32.2. The summed E-state index contributed by atoms with van der Waals surface area (Å²) in [6, 6.07) is 26.0. The first kappa shape index (κ1) is 17.2. The molecule has 0 spiro atoms. The predicted molar refractivity (Wildman–Crippen MR) is 112 cm³/mol. The molecule has 0 saturated carbocycles. The van der Waals surface area contributed by atoms with Gasteiger partial charge in [-0.3, -0.25) is 4.79 Å². The fourth-order valence-electron chi connectivity index (χ4n) is 2.84. The van der Waals surface area contributed by atoms with E-state index >= 15 is 0 Å². The molecule has 132 valence electrons. The van der Waals surface area contributed by atoms with Crippen LogP contribution in [-0.4, -0.2) is 22.9 Å². The number of hydrogen-bond donors (Lipinski definition) is 1. The van der Waals surface area contributed by atoms with Gasteiger partial charge in [-0.15, -0.1) is 0 Å². The number of benzene rings is 3. The van der Waals surface area contributed by atoms with Crippen LogP contribution in [0.1, 0.15) is 5.56 Å². The number of aromatic nitrogens is 1. The van der Waals surface area contributed by atoms with Crippen molar-refractivity contribution in [2.45, 2.75) is 5.03 Å². The molecule has 0 unspecified atom stereocenters. The van der Waals surface area contributed by atoms with Gasteiger partial charge in [0.15, 0.2) is 0 Å². The number of carbonyl (C=O) groups excluding carboxylic acids is 1. The second-order valence-electron chi connectivity index (χ2n) is 5.99. The Bertz CT molecular complexity index is 1140. The molecular formula is C22H17N3OS. The van der Waals surface area contributed by atoms with Crippen molar-refractivity contribution in [1.82, 2.24) is 10.4 Å². The first-order valence-electron chi connectivity index (χ1n) is 8.58. The molecule has 0 aliphatic heterocycles. The highest BCUT2D eigenvalue weighted by molar-refractivity contribution is 7.99. The second-order valence-corrected chi connectivity index (χ2v) is 6.99. The summed E-state index contributed by atoms with van der Waals surface area (Å²) in [7, 11) is 0. The van der Waals surface area contributed by atoms with Gasteiger partial charge in [-0.05, 0) is 22.9 Å². The van der Waals surface area contributed by atoms with E-state index < -0.39 is 0 Å². The third-order valence-electron chi connectivity index (χ3n) is 4.14. The number of hydrazone groups is 1. The number of carbonyl (C=O) groups is 1. The Morgan fingerprint density at radius 2 is 1.70 bits per heavy atom. The molecule has 0 saturated heterocycles. The standard InChI is InChI=1S/C22H17N3OS/c26-21(15-27-22-13-12-17-7-2-4-11-20(17)24-22)25-23-14-18-9-5-8-16-6-1-3-10-19(16)18/h1-14H,15H2,(H,25,26)/b23-14+. The molecule has 4 rings (SSSR count). The summed E-state index contributed by atoms with van der Waals surface area (Å²) in [4.78, 5) is 16.6. The summed E-state index contributed by atoms with van der Waals surface area (Å²) in [6.45, 7) is 0. The van der Waals surface area contributed by atoms with Crippen molar-refractivity contribution in [3.8, 4) is 0 Å². The zero-order valence-corrected chi connectivity index (χ0v) is 15.3. The van der Waals surface area contributed by atoms with Crippen LogP contribution in [0.15, 0.2) is 89.0 Å². The number of nitrogens with zero attached hydrogens (tertiary/aromatic N) is 2. The highest BCUT2D eigenvalue weighted by Crippen LogP contribution is 2.20. The molecule has 0 bridgehead atoms. The molecule has 0 aliphatic carbocycles. The maximum atomic E-state index is 12.1. The van der Waals surface area contributed by atoms with Gasteiger partial charge in [0.25, 0.3) is 0 Å². The molecule has 4 aromatic rings. The van der Waals surface area contributed by atoms with Crippen LogP contribution in [0.3, 0.4) is 0 Å². The lowest BCUT2D eigenvalue weighted by Crippen LogP contribution is -2.19.